The van der Waals surface area contributed by atoms with Gasteiger partial charge in [-0.3, -0.25) is 19.0 Å². The van der Waals surface area contributed by atoms with Crippen molar-refractivity contribution >= 4 is 28.5 Å². The number of benzene rings is 1. The summed E-state index contributed by atoms with van der Waals surface area (Å²) < 4.78 is 11.2. The smallest absolute Gasteiger partial charge is 0.302 e. The zero-order valence-corrected chi connectivity index (χ0v) is 15.1. The number of carbonyl (C=O) groups is 2. The highest BCUT2D eigenvalue weighted by molar-refractivity contribution is 6.03. The minimum Gasteiger partial charge on any atom is -0.464 e. The normalized spacial score (nSPS) is 10.8. The first kappa shape index (κ1) is 18.3. The van der Waals surface area contributed by atoms with Crippen molar-refractivity contribution < 1.29 is 18.8 Å². The standard InChI is InChI=1S/C18H18N4O5/c1-10-8-16(21-27-10)17(24)20-13-4-5-15-14(9-13)18(25)22(11(2)19-15)6-7-26-12(3)23/h4-5,8-9H,6-7H2,1-3H3,(H,20,24). The minimum absolute atomic E-state index is 0.0746. The van der Waals surface area contributed by atoms with Crippen LogP contribution in [0.25, 0.3) is 10.9 Å². The Bertz CT molecular complexity index is 1080. The molecule has 0 saturated heterocycles. The topological polar surface area (TPSA) is 116 Å². The number of hydrogen-bond acceptors (Lipinski definition) is 7. The third kappa shape index (κ3) is 4.02. The van der Waals surface area contributed by atoms with Gasteiger partial charge in [0, 0.05) is 18.7 Å². The van der Waals surface area contributed by atoms with Crippen LogP contribution in [0, 0.1) is 13.8 Å². The molecule has 1 amide bonds. The molecule has 0 atom stereocenters. The molecule has 140 valence electrons. The summed E-state index contributed by atoms with van der Waals surface area (Å²) in [6.45, 7) is 4.97. The quantitative estimate of drug-likeness (QED) is 0.681. The zero-order chi connectivity index (χ0) is 19.6. The largest absolute Gasteiger partial charge is 0.464 e. The van der Waals surface area contributed by atoms with Crippen LogP contribution in [0.4, 0.5) is 5.69 Å². The summed E-state index contributed by atoms with van der Waals surface area (Å²) in [5, 5.41) is 6.68. The van der Waals surface area contributed by atoms with Crippen LogP contribution < -0.4 is 10.9 Å². The van der Waals surface area contributed by atoms with Crippen molar-refractivity contribution in [2.24, 2.45) is 0 Å². The second-order valence-corrected chi connectivity index (χ2v) is 5.96. The van der Waals surface area contributed by atoms with E-state index in [1.807, 2.05) is 0 Å². The fourth-order valence-corrected chi connectivity index (χ4v) is 2.62. The first-order valence-corrected chi connectivity index (χ1v) is 8.24. The van der Waals surface area contributed by atoms with Gasteiger partial charge >= 0.3 is 5.97 Å². The second-order valence-electron chi connectivity index (χ2n) is 5.96. The van der Waals surface area contributed by atoms with Crippen LogP contribution in [0.1, 0.15) is 29.0 Å². The Morgan fingerprint density at radius 3 is 2.70 bits per heavy atom. The third-order valence-electron chi connectivity index (χ3n) is 3.88. The molecule has 27 heavy (non-hydrogen) atoms. The lowest BCUT2D eigenvalue weighted by Crippen LogP contribution is -2.26. The van der Waals surface area contributed by atoms with Crippen molar-refractivity contribution in [2.45, 2.75) is 27.3 Å². The highest BCUT2D eigenvalue weighted by Crippen LogP contribution is 2.16. The van der Waals surface area contributed by atoms with E-state index < -0.39 is 11.9 Å². The lowest BCUT2D eigenvalue weighted by Gasteiger charge is -2.11. The number of carbonyl (C=O) groups excluding carboxylic acids is 2. The van der Waals surface area contributed by atoms with Gasteiger partial charge in [0.25, 0.3) is 11.5 Å². The predicted molar refractivity (Wildman–Crippen MR) is 96.6 cm³/mol. The first-order chi connectivity index (χ1) is 12.8. The second kappa shape index (κ2) is 7.40. The summed E-state index contributed by atoms with van der Waals surface area (Å²) in [5.41, 5.74) is 0.811. The van der Waals surface area contributed by atoms with Crippen molar-refractivity contribution in [3.8, 4) is 0 Å². The van der Waals surface area contributed by atoms with Gasteiger partial charge < -0.3 is 14.6 Å². The number of rotatable bonds is 5. The highest BCUT2D eigenvalue weighted by atomic mass is 16.5. The van der Waals surface area contributed by atoms with Crippen molar-refractivity contribution in [1.82, 2.24) is 14.7 Å². The van der Waals surface area contributed by atoms with Crippen molar-refractivity contribution in [3.63, 3.8) is 0 Å². The number of aryl methyl sites for hydroxylation is 2. The van der Waals surface area contributed by atoms with Gasteiger partial charge in [0.15, 0.2) is 5.69 Å². The molecule has 0 unspecified atom stereocenters. The Kier molecular flexibility index (Phi) is 5.02. The van der Waals surface area contributed by atoms with Crippen LogP contribution in [0.3, 0.4) is 0 Å². The van der Waals surface area contributed by atoms with E-state index in [9.17, 15) is 14.4 Å². The molecule has 0 saturated carbocycles. The highest BCUT2D eigenvalue weighted by Gasteiger charge is 2.13. The molecule has 2 aromatic heterocycles. The Morgan fingerprint density at radius 1 is 1.26 bits per heavy atom. The number of hydrogen-bond donors (Lipinski definition) is 1. The van der Waals surface area contributed by atoms with Crippen LogP contribution in [-0.4, -0.2) is 33.2 Å². The molecule has 0 fully saturated rings. The van der Waals surface area contributed by atoms with Gasteiger partial charge in [0.05, 0.1) is 17.4 Å². The molecular weight excluding hydrogens is 352 g/mol. The number of nitrogens with one attached hydrogen (secondary N) is 1. The van der Waals surface area contributed by atoms with Gasteiger partial charge in [-0.2, -0.15) is 0 Å². The van der Waals surface area contributed by atoms with Crippen molar-refractivity contribution in [1.29, 1.82) is 0 Å². The molecule has 3 aromatic rings. The van der Waals surface area contributed by atoms with Gasteiger partial charge in [-0.1, -0.05) is 5.16 Å². The number of nitrogens with zero attached hydrogens (tertiary/aromatic N) is 3. The van der Waals surface area contributed by atoms with Gasteiger partial charge in [-0.25, -0.2) is 4.98 Å². The summed E-state index contributed by atoms with van der Waals surface area (Å²) in [4.78, 5) is 40.3. The molecule has 9 heteroatoms. The van der Waals surface area contributed by atoms with Gasteiger partial charge in [-0.05, 0) is 32.0 Å². The van der Waals surface area contributed by atoms with E-state index in [0.29, 0.717) is 28.2 Å². The average Bonchev–Trinajstić information content (AvgIpc) is 3.05. The van der Waals surface area contributed by atoms with Gasteiger partial charge in [0.1, 0.15) is 18.2 Å². The predicted octanol–water partition coefficient (Wildman–Crippen LogP) is 1.82. The van der Waals surface area contributed by atoms with Crippen molar-refractivity contribution in [3.05, 3.63) is 51.9 Å². The Labute approximate surface area is 153 Å². The minimum atomic E-state index is -0.443. The molecule has 0 aliphatic carbocycles. The Balaban J connectivity index is 1.90. The van der Waals surface area contributed by atoms with E-state index in [4.69, 9.17) is 9.26 Å². The maximum Gasteiger partial charge on any atom is 0.302 e. The summed E-state index contributed by atoms with van der Waals surface area (Å²) in [5.74, 6) is 0.174. The van der Waals surface area contributed by atoms with E-state index in [1.165, 1.54) is 17.6 Å². The average molecular weight is 370 g/mol. The van der Waals surface area contributed by atoms with Gasteiger partial charge in [0.2, 0.25) is 0 Å². The fourth-order valence-electron chi connectivity index (χ4n) is 2.62. The molecule has 1 aromatic carbocycles. The van der Waals surface area contributed by atoms with E-state index in [0.717, 1.165) is 0 Å². The van der Waals surface area contributed by atoms with Crippen LogP contribution in [0.5, 0.6) is 0 Å². The third-order valence-corrected chi connectivity index (χ3v) is 3.88. The SMILES string of the molecule is CC(=O)OCCn1c(C)nc2ccc(NC(=O)c3cc(C)on3)cc2c1=O. The maximum atomic E-state index is 12.8. The molecule has 0 aliphatic heterocycles. The fraction of sp³-hybridized carbons (Fsp3) is 0.278. The lowest BCUT2D eigenvalue weighted by molar-refractivity contribution is -0.141. The molecule has 0 aliphatic rings. The van der Waals surface area contributed by atoms with E-state index in [2.05, 4.69) is 15.5 Å². The maximum absolute atomic E-state index is 12.8. The molecule has 0 radical (unpaired) electrons. The van der Waals surface area contributed by atoms with Crippen LogP contribution in [-0.2, 0) is 16.1 Å². The van der Waals surface area contributed by atoms with E-state index >= 15 is 0 Å². The number of anilines is 1. The van der Waals surface area contributed by atoms with Crippen molar-refractivity contribution in [2.75, 3.05) is 11.9 Å². The van der Waals surface area contributed by atoms with Crippen LogP contribution in [0.2, 0.25) is 0 Å². The summed E-state index contributed by atoms with van der Waals surface area (Å²) in [6, 6.07) is 6.38. The molecule has 0 spiro atoms. The molecule has 2 heterocycles. The van der Waals surface area contributed by atoms with E-state index in [1.54, 1.807) is 32.0 Å². The molecule has 9 nitrogen and oxygen atoms in total. The first-order valence-electron chi connectivity index (χ1n) is 8.24. The van der Waals surface area contributed by atoms with Crippen LogP contribution in [0.15, 0.2) is 33.6 Å². The summed E-state index contributed by atoms with van der Waals surface area (Å²) >= 11 is 0. The molecule has 0 bridgehead atoms. The Morgan fingerprint density at radius 2 is 2.04 bits per heavy atom. The molecule has 1 N–H and O–H groups in total. The monoisotopic (exact) mass is 370 g/mol. The Hall–Kier alpha value is -3.49. The van der Waals surface area contributed by atoms with Gasteiger partial charge in [-0.15, -0.1) is 0 Å². The summed E-state index contributed by atoms with van der Waals surface area (Å²) in [6.07, 6.45) is 0. The summed E-state index contributed by atoms with van der Waals surface area (Å²) in [7, 11) is 0. The number of ether oxygens (including phenoxy) is 1. The number of amides is 1. The van der Waals surface area contributed by atoms with Crippen LogP contribution >= 0.6 is 0 Å². The molecule has 3 rings (SSSR count). The number of fused-ring (bicyclic) bond motifs is 1. The van der Waals surface area contributed by atoms with E-state index in [-0.39, 0.29) is 24.4 Å². The number of aromatic nitrogens is 3. The lowest BCUT2D eigenvalue weighted by atomic mass is 10.2. The number of esters is 1. The molecular formula is C18H18N4O5. The zero-order valence-electron chi connectivity index (χ0n) is 15.1.